The number of anilines is 2. The Labute approximate surface area is 181 Å². The summed E-state index contributed by atoms with van der Waals surface area (Å²) in [7, 11) is 4.18. The van der Waals surface area contributed by atoms with Gasteiger partial charge < -0.3 is 20.5 Å². The van der Waals surface area contributed by atoms with Gasteiger partial charge in [0, 0.05) is 23.5 Å². The SMILES string of the molecule is CN(C)CCCc1ccc(Nc2nccc(-n3cc(C(N)=O)c4ccccc43)n2)cc1. The van der Waals surface area contributed by atoms with E-state index in [1.165, 1.54) is 5.56 Å². The maximum absolute atomic E-state index is 11.9. The number of primary amides is 1. The van der Waals surface area contributed by atoms with Gasteiger partial charge in [-0.1, -0.05) is 30.3 Å². The number of rotatable bonds is 8. The molecule has 2 heterocycles. The highest BCUT2D eigenvalue weighted by atomic mass is 16.1. The summed E-state index contributed by atoms with van der Waals surface area (Å²) in [6.45, 7) is 1.08. The number of carbonyl (C=O) groups is 1. The van der Waals surface area contributed by atoms with E-state index in [0.29, 0.717) is 17.3 Å². The minimum atomic E-state index is -0.465. The molecule has 0 fully saturated rings. The summed E-state index contributed by atoms with van der Waals surface area (Å²) in [5.41, 5.74) is 9.12. The Kier molecular flexibility index (Phi) is 5.95. The zero-order chi connectivity index (χ0) is 21.8. The van der Waals surface area contributed by atoms with Gasteiger partial charge in [-0.3, -0.25) is 4.79 Å². The second-order valence-electron chi connectivity index (χ2n) is 7.76. The van der Waals surface area contributed by atoms with Gasteiger partial charge in [-0.25, -0.2) is 4.98 Å². The van der Waals surface area contributed by atoms with Gasteiger partial charge in [0.15, 0.2) is 0 Å². The standard InChI is InChI=1S/C24H26N6O/c1-29(2)15-5-6-17-9-11-18(12-10-17)27-24-26-14-13-22(28-24)30-16-20(23(25)31)19-7-3-4-8-21(19)30/h3-4,7-14,16H,5-6,15H2,1-2H3,(H2,25,31)(H,26,27,28). The zero-order valence-corrected chi connectivity index (χ0v) is 17.7. The molecule has 0 saturated carbocycles. The van der Waals surface area contributed by atoms with Crippen LogP contribution in [0.25, 0.3) is 16.7 Å². The van der Waals surface area contributed by atoms with Gasteiger partial charge >= 0.3 is 0 Å². The molecule has 0 saturated heterocycles. The van der Waals surface area contributed by atoms with Crippen molar-refractivity contribution in [1.29, 1.82) is 0 Å². The Morgan fingerprint density at radius 2 is 1.87 bits per heavy atom. The summed E-state index contributed by atoms with van der Waals surface area (Å²) in [5.74, 6) is 0.672. The molecule has 7 heteroatoms. The molecule has 7 nitrogen and oxygen atoms in total. The fourth-order valence-electron chi connectivity index (χ4n) is 3.59. The number of para-hydroxylation sites is 1. The molecular formula is C24H26N6O. The lowest BCUT2D eigenvalue weighted by Gasteiger charge is -2.10. The molecule has 158 valence electrons. The van der Waals surface area contributed by atoms with Gasteiger partial charge in [-0.2, -0.15) is 4.98 Å². The van der Waals surface area contributed by atoms with E-state index in [2.05, 4.69) is 46.4 Å². The minimum absolute atomic E-state index is 0.465. The number of fused-ring (bicyclic) bond motifs is 1. The first-order valence-corrected chi connectivity index (χ1v) is 10.3. The molecule has 0 aliphatic carbocycles. The lowest BCUT2D eigenvalue weighted by molar-refractivity contribution is 0.100. The predicted molar refractivity (Wildman–Crippen MR) is 124 cm³/mol. The van der Waals surface area contributed by atoms with Crippen LogP contribution in [0, 0.1) is 0 Å². The molecule has 0 unspecified atom stereocenters. The van der Waals surface area contributed by atoms with Crippen LogP contribution in [0.1, 0.15) is 22.3 Å². The van der Waals surface area contributed by atoms with Crippen LogP contribution in [0.4, 0.5) is 11.6 Å². The van der Waals surface area contributed by atoms with Crippen molar-refractivity contribution < 1.29 is 4.79 Å². The molecule has 1 amide bonds. The third kappa shape index (κ3) is 4.73. The summed E-state index contributed by atoms with van der Waals surface area (Å²) in [6.07, 6.45) is 5.59. The molecule has 31 heavy (non-hydrogen) atoms. The third-order valence-electron chi connectivity index (χ3n) is 5.15. The highest BCUT2D eigenvalue weighted by molar-refractivity contribution is 6.06. The second-order valence-corrected chi connectivity index (χ2v) is 7.76. The highest BCUT2D eigenvalue weighted by Crippen LogP contribution is 2.24. The first-order chi connectivity index (χ1) is 15.0. The molecule has 4 aromatic rings. The second kappa shape index (κ2) is 8.97. The molecule has 2 aromatic carbocycles. The van der Waals surface area contributed by atoms with Crippen molar-refractivity contribution in [2.24, 2.45) is 5.73 Å². The summed E-state index contributed by atoms with van der Waals surface area (Å²) in [6, 6.07) is 17.8. The van der Waals surface area contributed by atoms with E-state index >= 15 is 0 Å². The summed E-state index contributed by atoms with van der Waals surface area (Å²) < 4.78 is 1.86. The van der Waals surface area contributed by atoms with Crippen LogP contribution in [0.5, 0.6) is 0 Å². The van der Waals surface area contributed by atoms with Crippen molar-refractivity contribution in [3.05, 3.63) is 78.1 Å². The number of hydrogen-bond acceptors (Lipinski definition) is 5. The molecule has 0 radical (unpaired) electrons. The largest absolute Gasteiger partial charge is 0.366 e. The number of aromatic nitrogens is 3. The van der Waals surface area contributed by atoms with E-state index in [1.807, 2.05) is 41.0 Å². The highest BCUT2D eigenvalue weighted by Gasteiger charge is 2.14. The maximum atomic E-state index is 11.9. The smallest absolute Gasteiger partial charge is 0.250 e. The summed E-state index contributed by atoms with van der Waals surface area (Å²) >= 11 is 0. The molecule has 0 aliphatic heterocycles. The Hall–Kier alpha value is -3.71. The van der Waals surface area contributed by atoms with Crippen molar-refractivity contribution >= 4 is 28.4 Å². The van der Waals surface area contributed by atoms with Crippen LogP contribution in [0.15, 0.2) is 67.0 Å². The van der Waals surface area contributed by atoms with E-state index < -0.39 is 5.91 Å². The van der Waals surface area contributed by atoms with Crippen LogP contribution in [-0.4, -0.2) is 46.0 Å². The Bertz CT molecular complexity index is 1200. The minimum Gasteiger partial charge on any atom is -0.366 e. The average molecular weight is 415 g/mol. The lowest BCUT2D eigenvalue weighted by atomic mass is 10.1. The van der Waals surface area contributed by atoms with Crippen LogP contribution < -0.4 is 11.1 Å². The van der Waals surface area contributed by atoms with Crippen molar-refractivity contribution in [2.45, 2.75) is 12.8 Å². The molecular weight excluding hydrogens is 388 g/mol. The number of benzene rings is 2. The predicted octanol–water partition coefficient (Wildman–Crippen LogP) is 3.76. The monoisotopic (exact) mass is 414 g/mol. The van der Waals surface area contributed by atoms with Crippen LogP contribution >= 0.6 is 0 Å². The zero-order valence-electron chi connectivity index (χ0n) is 17.7. The molecule has 0 atom stereocenters. The molecule has 2 aromatic heterocycles. The Morgan fingerprint density at radius 3 is 2.61 bits per heavy atom. The van der Waals surface area contributed by atoms with E-state index in [4.69, 9.17) is 5.73 Å². The molecule has 0 bridgehead atoms. The number of carbonyl (C=O) groups excluding carboxylic acids is 1. The third-order valence-corrected chi connectivity index (χ3v) is 5.15. The summed E-state index contributed by atoms with van der Waals surface area (Å²) in [4.78, 5) is 23.0. The van der Waals surface area contributed by atoms with Crippen molar-refractivity contribution in [1.82, 2.24) is 19.4 Å². The van der Waals surface area contributed by atoms with Crippen molar-refractivity contribution in [2.75, 3.05) is 26.0 Å². The number of aryl methyl sites for hydroxylation is 1. The molecule has 0 aliphatic rings. The number of nitrogens with zero attached hydrogens (tertiary/aromatic N) is 4. The van der Waals surface area contributed by atoms with E-state index in [-0.39, 0.29) is 0 Å². The fraction of sp³-hybridized carbons (Fsp3) is 0.208. The van der Waals surface area contributed by atoms with Gasteiger partial charge in [0.1, 0.15) is 5.82 Å². The Balaban J connectivity index is 1.55. The van der Waals surface area contributed by atoms with E-state index in [0.717, 1.165) is 36.0 Å². The molecule has 3 N–H and O–H groups in total. The number of nitrogens with one attached hydrogen (secondary N) is 1. The number of hydrogen-bond donors (Lipinski definition) is 2. The van der Waals surface area contributed by atoms with Crippen LogP contribution in [0.3, 0.4) is 0 Å². The average Bonchev–Trinajstić information content (AvgIpc) is 3.15. The number of amides is 1. The lowest BCUT2D eigenvalue weighted by Crippen LogP contribution is -2.13. The van der Waals surface area contributed by atoms with Gasteiger partial charge in [0.2, 0.25) is 5.95 Å². The molecule has 0 spiro atoms. The van der Waals surface area contributed by atoms with Gasteiger partial charge in [-0.05, 0) is 63.3 Å². The Morgan fingerprint density at radius 1 is 1.10 bits per heavy atom. The van der Waals surface area contributed by atoms with Gasteiger partial charge in [-0.15, -0.1) is 0 Å². The van der Waals surface area contributed by atoms with E-state index in [1.54, 1.807) is 18.5 Å². The van der Waals surface area contributed by atoms with Crippen LogP contribution in [0.2, 0.25) is 0 Å². The molecule has 4 rings (SSSR count). The van der Waals surface area contributed by atoms with Crippen LogP contribution in [-0.2, 0) is 6.42 Å². The first-order valence-electron chi connectivity index (χ1n) is 10.3. The fourth-order valence-corrected chi connectivity index (χ4v) is 3.59. The van der Waals surface area contributed by atoms with Gasteiger partial charge in [0.05, 0.1) is 11.1 Å². The van der Waals surface area contributed by atoms with Crippen molar-refractivity contribution in [3.8, 4) is 5.82 Å². The van der Waals surface area contributed by atoms with Gasteiger partial charge in [0.25, 0.3) is 5.91 Å². The normalized spacial score (nSPS) is 11.2. The number of nitrogens with two attached hydrogens (primary N) is 1. The van der Waals surface area contributed by atoms with E-state index in [9.17, 15) is 4.79 Å². The summed E-state index contributed by atoms with van der Waals surface area (Å²) in [5, 5.41) is 4.06. The topological polar surface area (TPSA) is 89.1 Å². The van der Waals surface area contributed by atoms with Crippen molar-refractivity contribution in [3.63, 3.8) is 0 Å². The quantitative estimate of drug-likeness (QED) is 0.458. The maximum Gasteiger partial charge on any atom is 0.250 e. The first kappa shape index (κ1) is 20.6.